The van der Waals surface area contributed by atoms with E-state index in [-0.39, 0.29) is 17.7 Å². The van der Waals surface area contributed by atoms with Crippen molar-refractivity contribution in [3.05, 3.63) is 109 Å². The number of non-ortho nitro benzene ring substituents is 2. The van der Waals surface area contributed by atoms with E-state index in [0.717, 1.165) is 61.4 Å². The molecule has 0 spiro atoms. The molecule has 214 valence electrons. The van der Waals surface area contributed by atoms with Gasteiger partial charge in [-0.25, -0.2) is 13.6 Å². The highest BCUT2D eigenvalue weighted by atomic mass is 19.2. The van der Waals surface area contributed by atoms with Gasteiger partial charge in [-0.15, -0.1) is 0 Å². The fourth-order valence-electron chi connectivity index (χ4n) is 5.12. The first-order valence-corrected chi connectivity index (χ1v) is 13.6. The summed E-state index contributed by atoms with van der Waals surface area (Å²) in [6.45, 7) is 2.13. The number of nitro groups is 2. The maximum atomic E-state index is 15.1. The Kier molecular flexibility index (Phi) is 9.54. The molecule has 0 N–H and O–H groups in total. The first-order valence-electron chi connectivity index (χ1n) is 13.6. The standard InChI is InChI=1S/C31H30F2N2O6/c1-2-4-20-6-10-22(11-7-20)27-14-15-28(30(33)29(27)32)23-12-8-21(9-13-23)5-3-16-41-31(36)24-17-25(34(37)38)19-26(18-24)35(39)40/h8-10,12-15,17-20H,2-7,11,16H2,1H3. The molecule has 0 heterocycles. The predicted octanol–water partition coefficient (Wildman–Crippen LogP) is 8.22. The molecule has 0 aromatic heterocycles. The molecule has 0 radical (unpaired) electrons. The van der Waals surface area contributed by atoms with Gasteiger partial charge in [0.05, 0.1) is 28.1 Å². The Balaban J connectivity index is 1.34. The predicted molar refractivity (Wildman–Crippen MR) is 150 cm³/mol. The summed E-state index contributed by atoms with van der Waals surface area (Å²) in [5, 5.41) is 22.0. The molecular weight excluding hydrogens is 534 g/mol. The van der Waals surface area contributed by atoms with Crippen molar-refractivity contribution in [3.8, 4) is 11.1 Å². The number of allylic oxidation sites excluding steroid dienone is 2. The average molecular weight is 565 g/mol. The second-order valence-corrected chi connectivity index (χ2v) is 10.1. The Labute approximate surface area is 236 Å². The number of hydrogen-bond acceptors (Lipinski definition) is 6. The van der Waals surface area contributed by atoms with E-state index >= 15 is 8.78 Å². The van der Waals surface area contributed by atoms with Crippen LogP contribution in [0, 0.1) is 37.8 Å². The number of carbonyl (C=O) groups is 1. The van der Waals surface area contributed by atoms with E-state index in [0.29, 0.717) is 29.9 Å². The summed E-state index contributed by atoms with van der Waals surface area (Å²) in [4.78, 5) is 32.7. The first-order chi connectivity index (χ1) is 19.7. The van der Waals surface area contributed by atoms with Crippen LogP contribution in [0.4, 0.5) is 20.2 Å². The van der Waals surface area contributed by atoms with E-state index in [1.54, 1.807) is 36.4 Å². The molecule has 8 nitrogen and oxygen atoms in total. The SMILES string of the molecule is CCCC1CC=C(c2ccc(-c3ccc(CCCOC(=O)c4cc([N+](=O)[O-])cc([N+](=O)[O-])c4)cc3)c(F)c2F)CC1. The van der Waals surface area contributed by atoms with Gasteiger partial charge in [0.1, 0.15) is 0 Å². The highest BCUT2D eigenvalue weighted by molar-refractivity contribution is 5.91. The fourth-order valence-corrected chi connectivity index (χ4v) is 5.12. The van der Waals surface area contributed by atoms with Gasteiger partial charge in [-0.05, 0) is 54.7 Å². The van der Waals surface area contributed by atoms with Gasteiger partial charge < -0.3 is 4.74 Å². The Morgan fingerprint density at radius 2 is 1.59 bits per heavy atom. The Hall–Kier alpha value is -4.47. The molecule has 1 unspecified atom stereocenters. The third-order valence-electron chi connectivity index (χ3n) is 7.31. The number of esters is 1. The lowest BCUT2D eigenvalue weighted by atomic mass is 9.84. The third kappa shape index (κ3) is 7.19. The summed E-state index contributed by atoms with van der Waals surface area (Å²) in [7, 11) is 0. The van der Waals surface area contributed by atoms with Crippen molar-refractivity contribution in [1.82, 2.24) is 0 Å². The molecule has 0 saturated heterocycles. The number of halogens is 2. The Morgan fingerprint density at radius 1 is 0.951 bits per heavy atom. The van der Waals surface area contributed by atoms with Crippen LogP contribution in [-0.2, 0) is 11.2 Å². The smallest absolute Gasteiger partial charge is 0.338 e. The topological polar surface area (TPSA) is 113 Å². The Morgan fingerprint density at radius 3 is 2.17 bits per heavy atom. The molecule has 0 aliphatic heterocycles. The van der Waals surface area contributed by atoms with Crippen LogP contribution in [0.25, 0.3) is 16.7 Å². The molecule has 1 aliphatic rings. The quantitative estimate of drug-likeness (QED) is 0.100. The largest absolute Gasteiger partial charge is 0.462 e. The van der Waals surface area contributed by atoms with E-state index in [1.807, 2.05) is 6.08 Å². The van der Waals surface area contributed by atoms with Crippen molar-refractivity contribution in [3.63, 3.8) is 0 Å². The number of nitro benzene ring substituents is 2. The normalized spacial score (nSPS) is 14.8. The van der Waals surface area contributed by atoms with Crippen LogP contribution >= 0.6 is 0 Å². The number of ether oxygens (including phenoxy) is 1. The van der Waals surface area contributed by atoms with Gasteiger partial charge in [0.2, 0.25) is 0 Å². The van der Waals surface area contributed by atoms with Gasteiger partial charge in [0, 0.05) is 23.3 Å². The lowest BCUT2D eigenvalue weighted by Gasteiger charge is -2.22. The highest BCUT2D eigenvalue weighted by Crippen LogP contribution is 2.36. The summed E-state index contributed by atoms with van der Waals surface area (Å²) in [6.07, 6.45) is 7.85. The first kappa shape index (κ1) is 29.5. The van der Waals surface area contributed by atoms with Crippen LogP contribution in [0.15, 0.2) is 60.7 Å². The van der Waals surface area contributed by atoms with E-state index in [1.165, 1.54) is 0 Å². The summed E-state index contributed by atoms with van der Waals surface area (Å²) in [5.74, 6) is -2.00. The minimum atomic E-state index is -0.905. The van der Waals surface area contributed by atoms with Crippen molar-refractivity contribution < 1.29 is 28.2 Å². The molecule has 0 bridgehead atoms. The molecule has 41 heavy (non-hydrogen) atoms. The second kappa shape index (κ2) is 13.3. The summed E-state index contributed by atoms with van der Waals surface area (Å²) in [6, 6.07) is 12.9. The van der Waals surface area contributed by atoms with E-state index in [9.17, 15) is 25.0 Å². The van der Waals surface area contributed by atoms with Gasteiger partial charge in [-0.1, -0.05) is 62.2 Å². The number of hydrogen-bond donors (Lipinski definition) is 0. The lowest BCUT2D eigenvalue weighted by Crippen LogP contribution is -2.08. The van der Waals surface area contributed by atoms with Gasteiger partial charge in [0.15, 0.2) is 11.6 Å². The molecular formula is C31H30F2N2O6. The molecule has 1 atom stereocenters. The zero-order chi connectivity index (χ0) is 29.5. The van der Waals surface area contributed by atoms with E-state index in [4.69, 9.17) is 4.74 Å². The number of nitrogens with zero attached hydrogens (tertiary/aromatic N) is 2. The van der Waals surface area contributed by atoms with Crippen LogP contribution in [0.1, 0.15) is 66.9 Å². The number of carbonyl (C=O) groups excluding carboxylic acids is 1. The minimum Gasteiger partial charge on any atom is -0.462 e. The summed E-state index contributed by atoms with van der Waals surface area (Å²) in [5.41, 5.74) is 1.34. The molecule has 4 rings (SSSR count). The minimum absolute atomic E-state index is 0.0204. The number of benzene rings is 3. The zero-order valence-electron chi connectivity index (χ0n) is 22.6. The van der Waals surface area contributed by atoms with Crippen molar-refractivity contribution >= 4 is 22.9 Å². The van der Waals surface area contributed by atoms with Crippen molar-refractivity contribution in [2.75, 3.05) is 6.61 Å². The monoisotopic (exact) mass is 564 g/mol. The molecule has 1 aliphatic carbocycles. The number of aryl methyl sites for hydroxylation is 1. The second-order valence-electron chi connectivity index (χ2n) is 10.1. The number of rotatable bonds is 11. The van der Waals surface area contributed by atoms with Crippen LogP contribution in [-0.4, -0.2) is 22.4 Å². The summed E-state index contributed by atoms with van der Waals surface area (Å²) >= 11 is 0. The lowest BCUT2D eigenvalue weighted by molar-refractivity contribution is -0.394. The molecule has 0 fully saturated rings. The molecule has 10 heteroatoms. The van der Waals surface area contributed by atoms with Crippen LogP contribution in [0.3, 0.4) is 0 Å². The van der Waals surface area contributed by atoms with Gasteiger partial charge in [0.25, 0.3) is 11.4 Å². The van der Waals surface area contributed by atoms with Crippen molar-refractivity contribution in [1.29, 1.82) is 0 Å². The molecule has 3 aromatic rings. The van der Waals surface area contributed by atoms with E-state index < -0.39 is 38.8 Å². The third-order valence-corrected chi connectivity index (χ3v) is 7.31. The van der Waals surface area contributed by atoms with Crippen LogP contribution < -0.4 is 0 Å². The van der Waals surface area contributed by atoms with Gasteiger partial charge in [-0.3, -0.25) is 20.2 Å². The van der Waals surface area contributed by atoms with Crippen molar-refractivity contribution in [2.45, 2.75) is 51.9 Å². The fraction of sp³-hybridized carbons (Fsp3) is 0.323. The zero-order valence-corrected chi connectivity index (χ0v) is 22.6. The summed E-state index contributed by atoms with van der Waals surface area (Å²) < 4.78 is 35.3. The highest BCUT2D eigenvalue weighted by Gasteiger charge is 2.22. The maximum absolute atomic E-state index is 15.1. The van der Waals surface area contributed by atoms with Gasteiger partial charge in [-0.2, -0.15) is 0 Å². The van der Waals surface area contributed by atoms with Crippen LogP contribution in [0.5, 0.6) is 0 Å². The molecule has 0 amide bonds. The average Bonchev–Trinajstić information content (AvgIpc) is 2.97. The molecule has 0 saturated carbocycles. The molecule has 3 aromatic carbocycles. The van der Waals surface area contributed by atoms with Crippen LogP contribution in [0.2, 0.25) is 0 Å². The van der Waals surface area contributed by atoms with Gasteiger partial charge >= 0.3 is 5.97 Å². The Bertz CT molecular complexity index is 1450. The maximum Gasteiger partial charge on any atom is 0.338 e. The van der Waals surface area contributed by atoms with E-state index in [2.05, 4.69) is 6.92 Å². The van der Waals surface area contributed by atoms with Crippen molar-refractivity contribution in [2.24, 2.45) is 5.92 Å².